The van der Waals surface area contributed by atoms with Crippen molar-refractivity contribution >= 4 is 5.69 Å². The van der Waals surface area contributed by atoms with Crippen molar-refractivity contribution < 1.29 is 10.2 Å². The van der Waals surface area contributed by atoms with E-state index in [2.05, 4.69) is 9.88 Å². The Morgan fingerprint density at radius 3 is 2.47 bits per heavy atom. The summed E-state index contributed by atoms with van der Waals surface area (Å²) in [6, 6.07) is 3.94. The van der Waals surface area contributed by atoms with E-state index in [-0.39, 0.29) is 6.10 Å². The fourth-order valence-corrected chi connectivity index (χ4v) is 2.63. The lowest BCUT2D eigenvalue weighted by atomic mass is 9.92. The van der Waals surface area contributed by atoms with Gasteiger partial charge in [0.15, 0.2) is 0 Å². The minimum Gasteiger partial charge on any atom is -0.393 e. The van der Waals surface area contributed by atoms with Gasteiger partial charge in [0.25, 0.3) is 0 Å². The van der Waals surface area contributed by atoms with Gasteiger partial charge in [-0.2, -0.15) is 0 Å². The molecular weight excluding hydrogens is 240 g/mol. The van der Waals surface area contributed by atoms with E-state index in [1.807, 2.05) is 32.2 Å². The van der Waals surface area contributed by atoms with Crippen molar-refractivity contribution in [3.63, 3.8) is 0 Å². The van der Waals surface area contributed by atoms with Gasteiger partial charge in [-0.3, -0.25) is 4.98 Å². The first-order valence-corrected chi connectivity index (χ1v) is 7.18. The highest BCUT2D eigenvalue weighted by Crippen LogP contribution is 2.25. The molecule has 0 spiro atoms. The van der Waals surface area contributed by atoms with Crippen molar-refractivity contribution in [2.24, 2.45) is 5.92 Å². The summed E-state index contributed by atoms with van der Waals surface area (Å²) in [7, 11) is 0. The van der Waals surface area contributed by atoms with E-state index in [0.717, 1.165) is 37.3 Å². The normalized spacial score (nSPS) is 20.3. The number of rotatable bonds is 4. The number of pyridine rings is 1. The van der Waals surface area contributed by atoms with Crippen LogP contribution in [0, 0.1) is 5.92 Å². The van der Waals surface area contributed by atoms with Crippen LogP contribution in [0.4, 0.5) is 5.69 Å². The van der Waals surface area contributed by atoms with E-state index < -0.39 is 6.10 Å². The van der Waals surface area contributed by atoms with Gasteiger partial charge in [-0.25, -0.2) is 0 Å². The van der Waals surface area contributed by atoms with E-state index >= 15 is 0 Å². The summed E-state index contributed by atoms with van der Waals surface area (Å²) in [5.74, 6) is 0.422. The molecule has 0 amide bonds. The zero-order valence-corrected chi connectivity index (χ0v) is 11.8. The third kappa shape index (κ3) is 3.45. The quantitative estimate of drug-likeness (QED) is 0.874. The van der Waals surface area contributed by atoms with E-state index in [1.165, 1.54) is 0 Å². The van der Waals surface area contributed by atoms with Crippen LogP contribution in [0.3, 0.4) is 0 Å². The number of piperidine rings is 1. The highest BCUT2D eigenvalue weighted by atomic mass is 16.3. The first kappa shape index (κ1) is 14.3. The molecule has 2 heterocycles. The molecule has 4 nitrogen and oxygen atoms in total. The second-order valence-corrected chi connectivity index (χ2v) is 5.43. The number of hydrogen-bond donors (Lipinski definition) is 2. The molecule has 2 unspecified atom stereocenters. The van der Waals surface area contributed by atoms with Crippen LogP contribution in [0.2, 0.25) is 0 Å². The average molecular weight is 264 g/mol. The van der Waals surface area contributed by atoms with Crippen molar-refractivity contribution in [3.8, 4) is 0 Å². The SMILES string of the molecule is CCC(O)c1ccc(N2CCC(C(C)O)CC2)cn1. The molecule has 0 radical (unpaired) electrons. The lowest BCUT2D eigenvalue weighted by Gasteiger charge is -2.34. The molecule has 1 saturated heterocycles. The molecule has 1 aliphatic heterocycles. The minimum atomic E-state index is -0.463. The number of aliphatic hydroxyl groups is 2. The molecule has 2 N–H and O–H groups in total. The van der Waals surface area contributed by atoms with Crippen LogP contribution in [0.15, 0.2) is 18.3 Å². The molecule has 0 aromatic carbocycles. The molecule has 2 rings (SSSR count). The highest BCUT2D eigenvalue weighted by molar-refractivity contribution is 5.45. The largest absolute Gasteiger partial charge is 0.393 e. The van der Waals surface area contributed by atoms with Gasteiger partial charge in [0.1, 0.15) is 0 Å². The molecule has 0 saturated carbocycles. The van der Waals surface area contributed by atoms with E-state index in [1.54, 1.807) is 0 Å². The Morgan fingerprint density at radius 1 is 1.32 bits per heavy atom. The van der Waals surface area contributed by atoms with Crippen molar-refractivity contribution in [2.45, 2.75) is 45.3 Å². The zero-order valence-electron chi connectivity index (χ0n) is 11.8. The van der Waals surface area contributed by atoms with Crippen LogP contribution < -0.4 is 4.90 Å². The van der Waals surface area contributed by atoms with Gasteiger partial charge in [0.2, 0.25) is 0 Å². The lowest BCUT2D eigenvalue weighted by molar-refractivity contribution is 0.110. The van der Waals surface area contributed by atoms with Gasteiger partial charge in [0, 0.05) is 13.1 Å². The zero-order chi connectivity index (χ0) is 13.8. The van der Waals surface area contributed by atoms with Crippen LogP contribution in [0.25, 0.3) is 0 Å². The third-order valence-corrected chi connectivity index (χ3v) is 4.09. The number of nitrogens with zero attached hydrogens (tertiary/aromatic N) is 2. The molecule has 1 aromatic rings. The van der Waals surface area contributed by atoms with Crippen LogP contribution in [0.5, 0.6) is 0 Å². The Labute approximate surface area is 115 Å². The first-order chi connectivity index (χ1) is 9.11. The Morgan fingerprint density at radius 2 is 2.00 bits per heavy atom. The molecule has 0 aliphatic carbocycles. The Bertz CT molecular complexity index is 384. The van der Waals surface area contributed by atoms with E-state index in [9.17, 15) is 10.2 Å². The van der Waals surface area contributed by atoms with Gasteiger partial charge in [0.05, 0.1) is 29.8 Å². The molecule has 106 valence electrons. The third-order valence-electron chi connectivity index (χ3n) is 4.09. The maximum Gasteiger partial charge on any atom is 0.0957 e. The predicted molar refractivity (Wildman–Crippen MR) is 76.1 cm³/mol. The van der Waals surface area contributed by atoms with Crippen molar-refractivity contribution in [2.75, 3.05) is 18.0 Å². The monoisotopic (exact) mass is 264 g/mol. The fourth-order valence-electron chi connectivity index (χ4n) is 2.63. The molecule has 4 heteroatoms. The minimum absolute atomic E-state index is 0.206. The molecule has 19 heavy (non-hydrogen) atoms. The maximum atomic E-state index is 9.72. The molecule has 1 aromatic heterocycles. The van der Waals surface area contributed by atoms with E-state index in [4.69, 9.17) is 0 Å². The number of aromatic nitrogens is 1. The standard InChI is InChI=1S/C15H24N2O2/c1-3-15(19)14-5-4-13(10-16-14)17-8-6-12(7-9-17)11(2)18/h4-5,10-12,15,18-19H,3,6-9H2,1-2H3. The second kappa shape index (κ2) is 6.35. The lowest BCUT2D eigenvalue weighted by Crippen LogP contribution is -2.37. The van der Waals surface area contributed by atoms with Crippen molar-refractivity contribution in [1.29, 1.82) is 0 Å². The van der Waals surface area contributed by atoms with Crippen LogP contribution in [0.1, 0.15) is 44.9 Å². The topological polar surface area (TPSA) is 56.6 Å². The molecule has 0 bridgehead atoms. The predicted octanol–water partition coefficient (Wildman–Crippen LogP) is 2.12. The average Bonchev–Trinajstić information content (AvgIpc) is 2.46. The number of anilines is 1. The molecule has 1 fully saturated rings. The van der Waals surface area contributed by atoms with Crippen LogP contribution in [-0.2, 0) is 0 Å². The smallest absolute Gasteiger partial charge is 0.0957 e. The van der Waals surface area contributed by atoms with E-state index in [0.29, 0.717) is 12.3 Å². The summed E-state index contributed by atoms with van der Waals surface area (Å²) in [4.78, 5) is 6.64. The summed E-state index contributed by atoms with van der Waals surface area (Å²) in [5.41, 5.74) is 1.85. The molecular formula is C15H24N2O2. The van der Waals surface area contributed by atoms with Gasteiger partial charge in [-0.15, -0.1) is 0 Å². The Kier molecular flexibility index (Phi) is 4.77. The maximum absolute atomic E-state index is 9.72. The first-order valence-electron chi connectivity index (χ1n) is 7.18. The number of aliphatic hydroxyl groups excluding tert-OH is 2. The van der Waals surface area contributed by atoms with Crippen LogP contribution in [-0.4, -0.2) is 34.4 Å². The fraction of sp³-hybridized carbons (Fsp3) is 0.667. The number of hydrogen-bond acceptors (Lipinski definition) is 4. The summed E-state index contributed by atoms with van der Waals surface area (Å²) in [5, 5.41) is 19.3. The summed E-state index contributed by atoms with van der Waals surface area (Å²) in [6.45, 7) is 5.75. The summed E-state index contributed by atoms with van der Waals surface area (Å²) >= 11 is 0. The van der Waals surface area contributed by atoms with Gasteiger partial charge in [-0.1, -0.05) is 6.92 Å². The Hall–Kier alpha value is -1.13. The van der Waals surface area contributed by atoms with Crippen molar-refractivity contribution in [3.05, 3.63) is 24.0 Å². The Balaban J connectivity index is 1.96. The summed E-state index contributed by atoms with van der Waals surface area (Å²) in [6.07, 6.45) is 3.91. The molecule has 2 atom stereocenters. The summed E-state index contributed by atoms with van der Waals surface area (Å²) < 4.78 is 0. The van der Waals surface area contributed by atoms with Gasteiger partial charge in [-0.05, 0) is 44.2 Å². The van der Waals surface area contributed by atoms with Crippen LogP contribution >= 0.6 is 0 Å². The van der Waals surface area contributed by atoms with Crippen molar-refractivity contribution in [1.82, 2.24) is 4.98 Å². The second-order valence-electron chi connectivity index (χ2n) is 5.43. The molecule has 1 aliphatic rings. The van der Waals surface area contributed by atoms with Gasteiger partial charge >= 0.3 is 0 Å². The van der Waals surface area contributed by atoms with Gasteiger partial charge < -0.3 is 15.1 Å². The highest BCUT2D eigenvalue weighted by Gasteiger charge is 2.22.